The predicted octanol–water partition coefficient (Wildman–Crippen LogP) is 0.117. The van der Waals surface area contributed by atoms with E-state index in [1.54, 1.807) is 6.92 Å². The van der Waals surface area contributed by atoms with E-state index in [4.69, 9.17) is 10.3 Å². The van der Waals surface area contributed by atoms with Crippen molar-refractivity contribution in [1.82, 2.24) is 10.8 Å². The molecule has 1 atom stereocenters. The van der Waals surface area contributed by atoms with E-state index in [0.29, 0.717) is 31.6 Å². The average molecular weight is 275 g/mol. The van der Waals surface area contributed by atoms with Crippen LogP contribution in [0.5, 0.6) is 0 Å². The van der Waals surface area contributed by atoms with Crippen molar-refractivity contribution in [3.8, 4) is 0 Å². The topological polar surface area (TPSA) is 120 Å². The average Bonchev–Trinajstić information content (AvgIpc) is 2.35. The van der Waals surface area contributed by atoms with Gasteiger partial charge in [0.15, 0.2) is 0 Å². The van der Waals surface area contributed by atoms with Gasteiger partial charge in [0, 0.05) is 13.5 Å². The molecule has 0 aromatic carbocycles. The molecule has 0 aromatic rings. The number of hydrogen-bond donors (Lipinski definition) is 4. The van der Waals surface area contributed by atoms with E-state index >= 15 is 0 Å². The molecular weight excluding hydrogens is 254 g/mol. The van der Waals surface area contributed by atoms with Crippen LogP contribution in [0.15, 0.2) is 4.99 Å². The third-order valence-electron chi connectivity index (χ3n) is 2.31. The maximum Gasteiger partial charge on any atom is 0.320 e. The Morgan fingerprint density at radius 2 is 2.00 bits per heavy atom. The lowest BCUT2D eigenvalue weighted by Gasteiger charge is -2.13. The number of hydrogen-bond acceptors (Lipinski definition) is 6. The van der Waals surface area contributed by atoms with Crippen LogP contribution >= 0.6 is 0 Å². The van der Waals surface area contributed by atoms with Crippen molar-refractivity contribution in [3.05, 3.63) is 0 Å². The highest BCUT2D eigenvalue weighted by Gasteiger charge is 2.16. The minimum Gasteiger partial charge on any atom is -0.480 e. The Balaban J connectivity index is 3.83. The van der Waals surface area contributed by atoms with Crippen LogP contribution in [0.25, 0.3) is 0 Å². The fraction of sp³-hybridized carbons (Fsp3) is 0.727. The first-order valence-corrected chi connectivity index (χ1v) is 5.98. The molecule has 19 heavy (non-hydrogen) atoms. The third kappa shape index (κ3) is 9.98. The van der Waals surface area contributed by atoms with Gasteiger partial charge in [0.1, 0.15) is 18.6 Å². The molecule has 8 heteroatoms. The van der Waals surface area contributed by atoms with Gasteiger partial charge in [0.2, 0.25) is 0 Å². The molecule has 4 N–H and O–H groups in total. The van der Waals surface area contributed by atoms with Gasteiger partial charge >= 0.3 is 11.9 Å². The molecule has 8 nitrogen and oxygen atoms in total. The van der Waals surface area contributed by atoms with Crippen LogP contribution in [0.4, 0.5) is 0 Å². The number of aliphatic carboxylic acids is 1. The van der Waals surface area contributed by atoms with Crippen molar-refractivity contribution in [2.45, 2.75) is 39.2 Å². The number of amidine groups is 1. The van der Waals surface area contributed by atoms with Crippen molar-refractivity contribution in [3.63, 3.8) is 0 Å². The number of carbonyl (C=O) groups is 2. The second-order valence-electron chi connectivity index (χ2n) is 3.95. The van der Waals surface area contributed by atoms with Crippen LogP contribution in [0.3, 0.4) is 0 Å². The minimum atomic E-state index is -0.983. The first-order valence-electron chi connectivity index (χ1n) is 5.98. The Labute approximate surface area is 111 Å². The highest BCUT2D eigenvalue weighted by Crippen LogP contribution is 2.02. The first-order chi connectivity index (χ1) is 8.97. The van der Waals surface area contributed by atoms with Crippen molar-refractivity contribution < 1.29 is 24.6 Å². The maximum atomic E-state index is 10.9. The van der Waals surface area contributed by atoms with Gasteiger partial charge in [0.25, 0.3) is 0 Å². The quantitative estimate of drug-likeness (QED) is 0.118. The molecule has 0 saturated carbocycles. The van der Waals surface area contributed by atoms with Crippen LogP contribution in [-0.2, 0) is 14.3 Å². The Bertz CT molecular complexity index is 319. The summed E-state index contributed by atoms with van der Waals surface area (Å²) in [4.78, 5) is 25.4. The fourth-order valence-corrected chi connectivity index (χ4v) is 1.30. The highest BCUT2D eigenvalue weighted by atomic mass is 16.5. The normalized spacial score (nSPS) is 12.9. The molecule has 0 aliphatic carbocycles. The number of hydroxylamine groups is 1. The zero-order valence-corrected chi connectivity index (χ0v) is 11.2. The van der Waals surface area contributed by atoms with Crippen LogP contribution in [0.1, 0.15) is 33.1 Å². The van der Waals surface area contributed by atoms with Gasteiger partial charge in [-0.3, -0.25) is 30.6 Å². The molecule has 1 unspecified atom stereocenters. The third-order valence-corrected chi connectivity index (χ3v) is 2.31. The largest absolute Gasteiger partial charge is 0.480 e. The van der Waals surface area contributed by atoms with Gasteiger partial charge in [-0.2, -0.15) is 0 Å². The van der Waals surface area contributed by atoms with Crippen molar-refractivity contribution in [1.29, 1.82) is 0 Å². The molecule has 110 valence electrons. The van der Waals surface area contributed by atoms with Crippen molar-refractivity contribution >= 4 is 17.8 Å². The summed E-state index contributed by atoms with van der Waals surface area (Å²) in [6.07, 6.45) is 1.78. The van der Waals surface area contributed by atoms with E-state index in [9.17, 15) is 9.59 Å². The van der Waals surface area contributed by atoms with Crippen LogP contribution in [0.2, 0.25) is 0 Å². The summed E-state index contributed by atoms with van der Waals surface area (Å²) in [5, 5.41) is 20.1. The van der Waals surface area contributed by atoms with E-state index in [0.717, 1.165) is 0 Å². The number of rotatable bonds is 9. The van der Waals surface area contributed by atoms with Gasteiger partial charge < -0.3 is 9.84 Å². The Kier molecular flexibility index (Phi) is 9.37. The molecule has 0 radical (unpaired) electrons. The number of nitrogens with one attached hydrogen (secondary N) is 2. The molecule has 0 aromatic heterocycles. The molecule has 0 aliphatic heterocycles. The number of carbonyl (C=O) groups excluding carboxylic acids is 1. The van der Waals surface area contributed by atoms with Crippen LogP contribution in [-0.4, -0.2) is 47.4 Å². The number of esters is 1. The van der Waals surface area contributed by atoms with Gasteiger partial charge in [-0.05, 0) is 26.2 Å². The second kappa shape index (κ2) is 10.3. The summed E-state index contributed by atoms with van der Waals surface area (Å²) in [5.74, 6) is -1.02. The zero-order chi connectivity index (χ0) is 14.7. The van der Waals surface area contributed by atoms with E-state index in [1.807, 2.05) is 5.48 Å². The molecule has 0 heterocycles. The number of nitrogens with zero attached hydrogens (tertiary/aromatic N) is 1. The highest BCUT2D eigenvalue weighted by molar-refractivity contribution is 5.78. The Hall–Kier alpha value is -1.67. The predicted molar refractivity (Wildman–Crippen MR) is 67.9 cm³/mol. The number of ether oxygens (including phenoxy) is 1. The lowest BCUT2D eigenvalue weighted by molar-refractivity contribution is -0.145. The summed E-state index contributed by atoms with van der Waals surface area (Å²) in [5.41, 5.74) is 1.92. The molecule has 0 rings (SSSR count). The summed E-state index contributed by atoms with van der Waals surface area (Å²) >= 11 is 0. The molecular formula is C11H21N3O5. The van der Waals surface area contributed by atoms with Gasteiger partial charge in [-0.1, -0.05) is 0 Å². The lowest BCUT2D eigenvalue weighted by Crippen LogP contribution is -2.38. The summed E-state index contributed by atoms with van der Waals surface area (Å²) < 4.78 is 4.62. The van der Waals surface area contributed by atoms with Gasteiger partial charge in [0.05, 0.1) is 0 Å². The molecule has 0 aliphatic rings. The number of aliphatic imine (C=N–C) groups is 1. The first kappa shape index (κ1) is 17.3. The van der Waals surface area contributed by atoms with Crippen molar-refractivity contribution in [2.24, 2.45) is 4.99 Å². The SMILES string of the molecule is CC(=O)OCNC(CCCCN=C(C)NO)C(=O)O. The van der Waals surface area contributed by atoms with Crippen molar-refractivity contribution in [2.75, 3.05) is 13.3 Å². The Morgan fingerprint density at radius 3 is 2.53 bits per heavy atom. The van der Waals surface area contributed by atoms with E-state index in [-0.39, 0.29) is 6.73 Å². The number of carboxylic acids is 1. The fourth-order valence-electron chi connectivity index (χ4n) is 1.30. The molecule has 0 fully saturated rings. The summed E-state index contributed by atoms with van der Waals surface area (Å²) in [6.45, 7) is 3.28. The van der Waals surface area contributed by atoms with Crippen LogP contribution in [0, 0.1) is 0 Å². The minimum absolute atomic E-state index is 0.113. The molecule has 0 saturated heterocycles. The molecule has 0 amide bonds. The maximum absolute atomic E-state index is 10.9. The number of unbranched alkanes of at least 4 members (excludes halogenated alkanes) is 1. The van der Waals surface area contributed by atoms with Crippen LogP contribution < -0.4 is 10.8 Å². The smallest absolute Gasteiger partial charge is 0.320 e. The standard InChI is InChI=1S/C11H21N3O5/c1-8(14-18)12-6-4-3-5-10(11(16)17)13-7-19-9(2)15/h10,13,18H,3-7H2,1-2H3,(H,12,14)(H,16,17). The molecule has 0 bridgehead atoms. The van der Waals surface area contributed by atoms with Gasteiger partial charge in [-0.15, -0.1) is 0 Å². The zero-order valence-electron chi connectivity index (χ0n) is 11.2. The van der Waals surface area contributed by atoms with E-state index < -0.39 is 18.0 Å². The molecule has 0 spiro atoms. The second-order valence-corrected chi connectivity index (χ2v) is 3.95. The summed E-state index contributed by atoms with van der Waals surface area (Å²) in [6, 6.07) is -0.750. The number of carboxylic acid groups (broad SMARTS) is 1. The summed E-state index contributed by atoms with van der Waals surface area (Å²) in [7, 11) is 0. The Morgan fingerprint density at radius 1 is 1.32 bits per heavy atom. The van der Waals surface area contributed by atoms with Gasteiger partial charge in [-0.25, -0.2) is 0 Å². The van der Waals surface area contributed by atoms with E-state index in [1.165, 1.54) is 6.92 Å². The lowest BCUT2D eigenvalue weighted by atomic mass is 10.1. The monoisotopic (exact) mass is 275 g/mol. The van der Waals surface area contributed by atoms with E-state index in [2.05, 4.69) is 15.0 Å².